The number of nitrogens with one attached hydrogen (secondary N) is 1. The minimum absolute atomic E-state index is 0.209. The van der Waals surface area contributed by atoms with Gasteiger partial charge in [0.15, 0.2) is 0 Å². The number of sulfonamides is 1. The van der Waals surface area contributed by atoms with Crippen LogP contribution in [0.3, 0.4) is 0 Å². The van der Waals surface area contributed by atoms with Gasteiger partial charge in [-0.1, -0.05) is 24.3 Å². The van der Waals surface area contributed by atoms with Crippen molar-refractivity contribution in [3.63, 3.8) is 0 Å². The van der Waals surface area contributed by atoms with Crippen LogP contribution >= 0.6 is 0 Å². The van der Waals surface area contributed by atoms with Crippen molar-refractivity contribution < 1.29 is 17.9 Å². The van der Waals surface area contributed by atoms with E-state index in [-0.39, 0.29) is 17.3 Å². The average Bonchev–Trinajstić information content (AvgIpc) is 3.42. The number of nitrogens with zero attached hydrogens (tertiary/aromatic N) is 1. The molecule has 2 aliphatic rings. The predicted octanol–water partition coefficient (Wildman–Crippen LogP) is 2.28. The fourth-order valence-corrected chi connectivity index (χ4v) is 4.92. The van der Waals surface area contributed by atoms with E-state index in [9.17, 15) is 13.2 Å². The molecule has 2 aromatic carbocycles. The van der Waals surface area contributed by atoms with Crippen molar-refractivity contribution in [3.8, 4) is 0 Å². The minimum atomic E-state index is -3.69. The number of hydrogen-bond acceptors (Lipinski definition) is 4. The lowest BCUT2D eigenvalue weighted by Gasteiger charge is -2.18. The van der Waals surface area contributed by atoms with Crippen LogP contribution in [0.1, 0.15) is 19.3 Å². The number of hydrogen-bond donors (Lipinski definition) is 1. The molecule has 1 aliphatic heterocycles. The van der Waals surface area contributed by atoms with E-state index in [2.05, 4.69) is 5.32 Å². The van der Waals surface area contributed by atoms with E-state index >= 15 is 0 Å². The SMILES string of the molecule is O=C(CN1c2cccc3cccc(c23)S1(=O)=O)NCCCOCC1CC1. The fourth-order valence-electron chi connectivity index (χ4n) is 3.25. The highest BCUT2D eigenvalue weighted by atomic mass is 32.2. The van der Waals surface area contributed by atoms with Crippen LogP contribution in [0.25, 0.3) is 10.8 Å². The van der Waals surface area contributed by atoms with Crippen LogP contribution < -0.4 is 9.62 Å². The summed E-state index contributed by atoms with van der Waals surface area (Å²) in [6.45, 7) is 1.69. The summed E-state index contributed by atoms with van der Waals surface area (Å²) < 4.78 is 32.3. The van der Waals surface area contributed by atoms with Gasteiger partial charge in [-0.2, -0.15) is 0 Å². The molecule has 0 saturated heterocycles. The van der Waals surface area contributed by atoms with Crippen LogP contribution in [0.5, 0.6) is 0 Å². The van der Waals surface area contributed by atoms with Gasteiger partial charge < -0.3 is 10.1 Å². The Morgan fingerprint density at radius 2 is 1.96 bits per heavy atom. The van der Waals surface area contributed by atoms with Gasteiger partial charge in [-0.3, -0.25) is 9.10 Å². The molecule has 0 aromatic heterocycles. The second-order valence-corrected chi connectivity index (χ2v) is 8.70. The van der Waals surface area contributed by atoms with E-state index in [1.165, 1.54) is 17.1 Å². The molecule has 1 aliphatic carbocycles. The summed E-state index contributed by atoms with van der Waals surface area (Å²) in [6.07, 6.45) is 3.24. The lowest BCUT2D eigenvalue weighted by atomic mass is 10.1. The molecule has 6 nitrogen and oxygen atoms in total. The van der Waals surface area contributed by atoms with Gasteiger partial charge in [-0.25, -0.2) is 8.42 Å². The van der Waals surface area contributed by atoms with E-state index in [1.807, 2.05) is 18.2 Å². The van der Waals surface area contributed by atoms with Crippen molar-refractivity contribution >= 4 is 32.4 Å². The van der Waals surface area contributed by atoms with Gasteiger partial charge in [0, 0.05) is 25.1 Å². The standard InChI is InChI=1S/C19H22N2O4S/c22-18(20-10-3-11-25-13-14-8-9-14)12-21-16-6-1-4-15-5-2-7-17(19(15)16)26(21,23)24/h1-2,4-7,14H,3,8-13H2,(H,20,22). The Hall–Kier alpha value is -2.12. The maximum absolute atomic E-state index is 12.8. The van der Waals surface area contributed by atoms with Crippen molar-refractivity contribution in [1.29, 1.82) is 0 Å². The first-order chi connectivity index (χ1) is 12.6. The molecule has 1 fully saturated rings. The zero-order valence-electron chi connectivity index (χ0n) is 14.5. The highest BCUT2D eigenvalue weighted by molar-refractivity contribution is 7.93. The number of rotatable bonds is 8. The summed E-state index contributed by atoms with van der Waals surface area (Å²) in [5.41, 5.74) is 0.570. The van der Waals surface area contributed by atoms with Crippen LogP contribution in [-0.2, 0) is 19.6 Å². The Morgan fingerprint density at radius 1 is 1.19 bits per heavy atom. The molecule has 1 amide bonds. The van der Waals surface area contributed by atoms with Crippen molar-refractivity contribution in [2.24, 2.45) is 5.92 Å². The third-order valence-electron chi connectivity index (χ3n) is 4.81. The van der Waals surface area contributed by atoms with Crippen molar-refractivity contribution in [3.05, 3.63) is 36.4 Å². The molecule has 0 bridgehead atoms. The summed E-state index contributed by atoms with van der Waals surface area (Å²) in [5.74, 6) is 0.426. The maximum atomic E-state index is 12.8. The summed E-state index contributed by atoms with van der Waals surface area (Å²) >= 11 is 0. The first-order valence-corrected chi connectivity index (χ1v) is 10.4. The second-order valence-electron chi connectivity index (χ2n) is 6.86. The lowest BCUT2D eigenvalue weighted by Crippen LogP contribution is -2.39. The molecule has 0 radical (unpaired) electrons. The molecule has 138 valence electrons. The van der Waals surface area contributed by atoms with Crippen LogP contribution in [0.15, 0.2) is 41.3 Å². The number of ether oxygens (including phenoxy) is 1. The number of amides is 1. The van der Waals surface area contributed by atoms with Crippen LogP contribution in [0, 0.1) is 5.92 Å². The van der Waals surface area contributed by atoms with Gasteiger partial charge in [0.1, 0.15) is 6.54 Å². The van der Waals surface area contributed by atoms with E-state index in [1.54, 1.807) is 18.2 Å². The minimum Gasteiger partial charge on any atom is -0.381 e. The van der Waals surface area contributed by atoms with Crippen molar-refractivity contribution in [2.45, 2.75) is 24.2 Å². The predicted molar refractivity (Wildman–Crippen MR) is 99.6 cm³/mol. The quantitative estimate of drug-likeness (QED) is 0.720. The summed E-state index contributed by atoms with van der Waals surface area (Å²) in [7, 11) is -3.69. The van der Waals surface area contributed by atoms with Gasteiger partial charge in [-0.15, -0.1) is 0 Å². The van der Waals surface area contributed by atoms with Gasteiger partial charge in [0.2, 0.25) is 5.91 Å². The number of carbonyl (C=O) groups excluding carboxylic acids is 1. The lowest BCUT2D eigenvalue weighted by molar-refractivity contribution is -0.119. The number of carbonyl (C=O) groups is 1. The Kier molecular flexibility index (Phi) is 4.58. The zero-order chi connectivity index (χ0) is 18.1. The number of benzene rings is 2. The summed E-state index contributed by atoms with van der Waals surface area (Å²) in [4.78, 5) is 12.5. The highest BCUT2D eigenvalue weighted by Gasteiger charge is 2.36. The largest absolute Gasteiger partial charge is 0.381 e. The first kappa shape index (κ1) is 17.3. The Labute approximate surface area is 153 Å². The molecular weight excluding hydrogens is 352 g/mol. The molecule has 1 N–H and O–H groups in total. The van der Waals surface area contributed by atoms with E-state index in [0.717, 1.165) is 24.3 Å². The zero-order valence-corrected chi connectivity index (χ0v) is 15.3. The number of anilines is 1. The molecule has 7 heteroatoms. The van der Waals surface area contributed by atoms with E-state index in [4.69, 9.17) is 4.74 Å². The van der Waals surface area contributed by atoms with Crippen molar-refractivity contribution in [1.82, 2.24) is 5.32 Å². The topological polar surface area (TPSA) is 75.7 Å². The molecule has 4 rings (SSSR count). The van der Waals surface area contributed by atoms with Gasteiger partial charge in [-0.05, 0) is 42.7 Å². The monoisotopic (exact) mass is 374 g/mol. The highest BCUT2D eigenvalue weighted by Crippen LogP contribution is 2.41. The molecule has 0 spiro atoms. The maximum Gasteiger partial charge on any atom is 0.265 e. The fraction of sp³-hybridized carbons (Fsp3) is 0.421. The molecule has 26 heavy (non-hydrogen) atoms. The summed E-state index contributed by atoms with van der Waals surface area (Å²) in [6, 6.07) is 10.6. The normalized spacial score (nSPS) is 17.6. The van der Waals surface area contributed by atoms with Crippen LogP contribution in [0.4, 0.5) is 5.69 Å². The Morgan fingerprint density at radius 3 is 2.73 bits per heavy atom. The van der Waals surface area contributed by atoms with E-state index in [0.29, 0.717) is 24.2 Å². The first-order valence-electron chi connectivity index (χ1n) is 8.96. The van der Waals surface area contributed by atoms with E-state index < -0.39 is 10.0 Å². The average molecular weight is 374 g/mol. The molecule has 0 unspecified atom stereocenters. The van der Waals surface area contributed by atoms with Crippen LogP contribution in [-0.4, -0.2) is 40.6 Å². The molecule has 1 heterocycles. The second kappa shape index (κ2) is 6.89. The van der Waals surface area contributed by atoms with Gasteiger partial charge in [0.05, 0.1) is 10.6 Å². The molecule has 1 saturated carbocycles. The third kappa shape index (κ3) is 3.29. The third-order valence-corrected chi connectivity index (χ3v) is 6.61. The Bertz CT molecular complexity index is 932. The molecular formula is C19H22N2O4S. The van der Waals surface area contributed by atoms with Crippen LogP contribution in [0.2, 0.25) is 0 Å². The molecule has 0 atom stereocenters. The molecule has 2 aromatic rings. The van der Waals surface area contributed by atoms with Gasteiger partial charge >= 0.3 is 0 Å². The van der Waals surface area contributed by atoms with Gasteiger partial charge in [0.25, 0.3) is 10.0 Å². The Balaban J connectivity index is 1.37. The van der Waals surface area contributed by atoms with Crippen molar-refractivity contribution in [2.75, 3.05) is 30.6 Å². The summed E-state index contributed by atoms with van der Waals surface area (Å²) in [5, 5.41) is 4.34. The smallest absolute Gasteiger partial charge is 0.265 e.